The molecule has 0 aromatic heterocycles. The summed E-state index contributed by atoms with van der Waals surface area (Å²) in [6.07, 6.45) is 0. The molecule has 0 heterocycles. The van der Waals surface area contributed by atoms with Crippen molar-refractivity contribution < 1.29 is 9.47 Å². The van der Waals surface area contributed by atoms with Crippen LogP contribution >= 0.6 is 15.9 Å². The van der Waals surface area contributed by atoms with Crippen LogP contribution in [0.1, 0.15) is 17.2 Å². The van der Waals surface area contributed by atoms with Crippen molar-refractivity contribution in [3.8, 4) is 11.5 Å². The lowest BCUT2D eigenvalue weighted by atomic mass is 9.98. The van der Waals surface area contributed by atoms with Crippen molar-refractivity contribution in [1.82, 2.24) is 0 Å². The number of methoxy groups -OCH3 is 2. The molecule has 2 rings (SSSR count). The Hall–Kier alpha value is -1.52. The molecule has 2 N–H and O–H groups in total. The lowest BCUT2D eigenvalue weighted by Crippen LogP contribution is -2.13. The van der Waals surface area contributed by atoms with E-state index in [1.807, 2.05) is 42.5 Å². The molecule has 2 aromatic carbocycles. The zero-order valence-corrected chi connectivity index (χ0v) is 12.5. The first-order chi connectivity index (χ1) is 9.15. The summed E-state index contributed by atoms with van der Waals surface area (Å²) in [5, 5.41) is 0. The second-order valence-corrected chi connectivity index (χ2v) is 5.06. The van der Waals surface area contributed by atoms with Crippen molar-refractivity contribution in [2.24, 2.45) is 5.73 Å². The van der Waals surface area contributed by atoms with E-state index in [1.165, 1.54) is 0 Å². The molecule has 100 valence electrons. The van der Waals surface area contributed by atoms with Crippen LogP contribution in [0.4, 0.5) is 0 Å². The first-order valence-corrected chi connectivity index (χ1v) is 6.68. The van der Waals surface area contributed by atoms with Gasteiger partial charge in [0.2, 0.25) is 0 Å². The van der Waals surface area contributed by atoms with Gasteiger partial charge in [0.1, 0.15) is 11.5 Å². The van der Waals surface area contributed by atoms with Gasteiger partial charge in [0.05, 0.1) is 20.3 Å². The van der Waals surface area contributed by atoms with Crippen LogP contribution in [0.5, 0.6) is 11.5 Å². The highest BCUT2D eigenvalue weighted by Crippen LogP contribution is 2.31. The molecule has 0 radical (unpaired) electrons. The average molecular weight is 322 g/mol. The Labute approximate surface area is 121 Å². The van der Waals surface area contributed by atoms with Crippen molar-refractivity contribution in [3.05, 3.63) is 58.1 Å². The molecule has 2 aromatic rings. The van der Waals surface area contributed by atoms with Crippen LogP contribution in [-0.2, 0) is 0 Å². The highest BCUT2D eigenvalue weighted by molar-refractivity contribution is 9.10. The largest absolute Gasteiger partial charge is 0.497 e. The molecule has 0 saturated carbocycles. The van der Waals surface area contributed by atoms with Crippen LogP contribution in [0, 0.1) is 0 Å². The zero-order chi connectivity index (χ0) is 13.8. The monoisotopic (exact) mass is 321 g/mol. The van der Waals surface area contributed by atoms with Crippen molar-refractivity contribution >= 4 is 15.9 Å². The van der Waals surface area contributed by atoms with Gasteiger partial charge in [0, 0.05) is 10.0 Å². The van der Waals surface area contributed by atoms with Crippen LogP contribution in [0.3, 0.4) is 0 Å². The van der Waals surface area contributed by atoms with Crippen molar-refractivity contribution in [2.75, 3.05) is 14.2 Å². The van der Waals surface area contributed by atoms with Gasteiger partial charge in [0.15, 0.2) is 0 Å². The zero-order valence-electron chi connectivity index (χ0n) is 10.9. The van der Waals surface area contributed by atoms with Crippen molar-refractivity contribution in [2.45, 2.75) is 6.04 Å². The second-order valence-electron chi connectivity index (χ2n) is 4.14. The third-order valence-corrected chi connectivity index (χ3v) is 3.48. The first kappa shape index (κ1) is 13.9. The van der Waals surface area contributed by atoms with Gasteiger partial charge in [-0.3, -0.25) is 0 Å². The lowest BCUT2D eigenvalue weighted by molar-refractivity contribution is 0.406. The van der Waals surface area contributed by atoms with Gasteiger partial charge in [-0.15, -0.1) is 0 Å². The van der Waals surface area contributed by atoms with E-state index in [2.05, 4.69) is 15.9 Å². The maximum absolute atomic E-state index is 6.32. The van der Waals surface area contributed by atoms with Gasteiger partial charge < -0.3 is 15.2 Å². The second kappa shape index (κ2) is 6.08. The van der Waals surface area contributed by atoms with Gasteiger partial charge in [-0.05, 0) is 29.8 Å². The molecule has 0 aliphatic heterocycles. The maximum Gasteiger partial charge on any atom is 0.125 e. The molecule has 0 bridgehead atoms. The van der Waals surface area contributed by atoms with E-state index >= 15 is 0 Å². The molecule has 0 amide bonds. The van der Waals surface area contributed by atoms with Gasteiger partial charge in [-0.1, -0.05) is 34.1 Å². The summed E-state index contributed by atoms with van der Waals surface area (Å²) in [7, 11) is 3.29. The Bertz CT molecular complexity index is 572. The van der Waals surface area contributed by atoms with E-state index in [0.29, 0.717) is 0 Å². The fourth-order valence-corrected chi connectivity index (χ4v) is 2.30. The molecule has 0 aliphatic carbocycles. The highest BCUT2D eigenvalue weighted by atomic mass is 79.9. The summed E-state index contributed by atoms with van der Waals surface area (Å²) in [5.41, 5.74) is 8.25. The number of nitrogens with two attached hydrogens (primary N) is 1. The Morgan fingerprint density at radius 1 is 1.05 bits per heavy atom. The van der Waals surface area contributed by atoms with Crippen LogP contribution < -0.4 is 15.2 Å². The summed E-state index contributed by atoms with van der Waals surface area (Å²) in [6, 6.07) is 13.3. The quantitative estimate of drug-likeness (QED) is 0.937. The SMILES string of the molecule is COc1cccc(C(N)c2ccc(Br)cc2OC)c1. The van der Waals surface area contributed by atoms with Gasteiger partial charge >= 0.3 is 0 Å². The number of hydrogen-bond donors (Lipinski definition) is 1. The number of benzene rings is 2. The standard InChI is InChI=1S/C15H16BrNO2/c1-18-12-5-3-4-10(8-12)15(17)13-7-6-11(16)9-14(13)19-2/h3-9,15H,17H2,1-2H3. The maximum atomic E-state index is 6.32. The number of halogens is 1. The van der Waals surface area contributed by atoms with Crippen molar-refractivity contribution in [3.63, 3.8) is 0 Å². The molecule has 0 aliphatic rings. The summed E-state index contributed by atoms with van der Waals surface area (Å²) in [6.45, 7) is 0. The van der Waals surface area contributed by atoms with E-state index in [4.69, 9.17) is 15.2 Å². The minimum absolute atomic E-state index is 0.252. The molecule has 1 unspecified atom stereocenters. The molecule has 19 heavy (non-hydrogen) atoms. The summed E-state index contributed by atoms with van der Waals surface area (Å²) >= 11 is 3.42. The highest BCUT2D eigenvalue weighted by Gasteiger charge is 2.14. The van der Waals surface area contributed by atoms with Crippen molar-refractivity contribution in [1.29, 1.82) is 0 Å². The van der Waals surface area contributed by atoms with Gasteiger partial charge in [-0.25, -0.2) is 0 Å². The fourth-order valence-electron chi connectivity index (χ4n) is 1.96. The third kappa shape index (κ3) is 3.08. The predicted octanol–water partition coefficient (Wildman–Crippen LogP) is 3.51. The molecule has 3 nitrogen and oxygen atoms in total. The minimum atomic E-state index is -0.252. The van der Waals surface area contributed by atoms with E-state index in [9.17, 15) is 0 Å². The number of hydrogen-bond acceptors (Lipinski definition) is 3. The Balaban J connectivity index is 2.40. The predicted molar refractivity (Wildman–Crippen MR) is 79.7 cm³/mol. The molecule has 0 spiro atoms. The Morgan fingerprint density at radius 3 is 2.53 bits per heavy atom. The molecule has 1 atom stereocenters. The van der Waals surface area contributed by atoms with Gasteiger partial charge in [-0.2, -0.15) is 0 Å². The fraction of sp³-hybridized carbons (Fsp3) is 0.200. The topological polar surface area (TPSA) is 44.5 Å². The summed E-state index contributed by atoms with van der Waals surface area (Å²) in [5.74, 6) is 1.56. The van der Waals surface area contributed by atoms with Crippen LogP contribution in [0.2, 0.25) is 0 Å². The third-order valence-electron chi connectivity index (χ3n) is 2.98. The normalized spacial score (nSPS) is 12.0. The number of rotatable bonds is 4. The average Bonchev–Trinajstić information content (AvgIpc) is 2.46. The van der Waals surface area contributed by atoms with Crippen LogP contribution in [-0.4, -0.2) is 14.2 Å². The van der Waals surface area contributed by atoms with E-state index in [-0.39, 0.29) is 6.04 Å². The summed E-state index contributed by atoms with van der Waals surface area (Å²) in [4.78, 5) is 0. The molecule has 0 saturated heterocycles. The molecule has 4 heteroatoms. The lowest BCUT2D eigenvalue weighted by Gasteiger charge is -2.17. The van der Waals surface area contributed by atoms with E-state index < -0.39 is 0 Å². The molecular weight excluding hydrogens is 306 g/mol. The summed E-state index contributed by atoms with van der Waals surface area (Å²) < 4.78 is 11.6. The molecular formula is C15H16BrNO2. The minimum Gasteiger partial charge on any atom is -0.497 e. The molecule has 0 fully saturated rings. The van der Waals surface area contributed by atoms with Crippen LogP contribution in [0.25, 0.3) is 0 Å². The first-order valence-electron chi connectivity index (χ1n) is 5.88. The number of ether oxygens (including phenoxy) is 2. The van der Waals surface area contributed by atoms with E-state index in [0.717, 1.165) is 27.1 Å². The van der Waals surface area contributed by atoms with E-state index in [1.54, 1.807) is 14.2 Å². The Kier molecular flexibility index (Phi) is 4.45. The van der Waals surface area contributed by atoms with Crippen LogP contribution in [0.15, 0.2) is 46.9 Å². The smallest absolute Gasteiger partial charge is 0.125 e. The van der Waals surface area contributed by atoms with Gasteiger partial charge in [0.25, 0.3) is 0 Å². The Morgan fingerprint density at radius 2 is 1.84 bits per heavy atom.